The zero-order valence-electron chi connectivity index (χ0n) is 38.0. The number of allylic oxidation sites excluding steroid dienone is 10. The molecular weight excluding hydrogens is 970 g/mol. The molecule has 0 aromatic heterocycles. The van der Waals surface area contributed by atoms with E-state index in [9.17, 15) is 0 Å². The van der Waals surface area contributed by atoms with Crippen molar-refractivity contribution in [2.75, 3.05) is 0 Å². The summed E-state index contributed by atoms with van der Waals surface area (Å²) >= 11 is -4.42. The molecule has 0 bridgehead atoms. The Morgan fingerprint density at radius 1 is 0.585 bits per heavy atom. The first kappa shape index (κ1) is 42.8. The van der Waals surface area contributed by atoms with Crippen LogP contribution in [0.25, 0.3) is 12.2 Å². The van der Waals surface area contributed by atoms with Gasteiger partial charge < -0.3 is 0 Å². The molecule has 0 spiro atoms. The molecule has 2 heteroatoms. The molecule has 0 fully saturated rings. The molecule has 0 heterocycles. The van der Waals surface area contributed by atoms with Gasteiger partial charge in [-0.25, -0.2) is 0 Å². The van der Waals surface area contributed by atoms with Crippen LogP contribution in [0.3, 0.4) is 0 Å². The number of benzene rings is 2. The summed E-state index contributed by atoms with van der Waals surface area (Å²) in [5, 5.41) is 0. The van der Waals surface area contributed by atoms with Crippen molar-refractivity contribution in [3.8, 4) is 0 Å². The van der Waals surface area contributed by atoms with Gasteiger partial charge in [0.25, 0.3) is 0 Å². The summed E-state index contributed by atoms with van der Waals surface area (Å²) in [5.74, 6) is 0. The molecule has 0 saturated carbocycles. The van der Waals surface area contributed by atoms with Crippen molar-refractivity contribution in [3.63, 3.8) is 0 Å². The van der Waals surface area contributed by atoms with E-state index < -0.39 is 25.3 Å². The fourth-order valence-electron chi connectivity index (χ4n) is 16.1. The van der Waals surface area contributed by atoms with Gasteiger partial charge in [-0.1, -0.05) is 0 Å². The predicted octanol–water partition coefficient (Wildman–Crippen LogP) is 18.6. The summed E-state index contributed by atoms with van der Waals surface area (Å²) in [6, 6.07) is 18.3. The Labute approximate surface area is 304 Å². The Kier molecular flexibility index (Phi) is 5.55. The Bertz CT molecular complexity index is 2280. The normalized spacial score (nSPS) is 31.1. The second-order valence-corrected chi connectivity index (χ2v) is 275. The van der Waals surface area contributed by atoms with Gasteiger partial charge >= 0.3 is 307 Å². The summed E-state index contributed by atoms with van der Waals surface area (Å²) in [7, 11) is -6.69. The van der Waals surface area contributed by atoms with Crippen molar-refractivity contribution in [1.29, 1.82) is 0 Å². The molecule has 0 aliphatic heterocycles. The van der Waals surface area contributed by atoms with Crippen LogP contribution in [0.2, 0.25) is 72.9 Å². The van der Waals surface area contributed by atoms with Crippen molar-refractivity contribution in [1.82, 2.24) is 0 Å². The molecule has 0 N–H and O–H groups in total. The fraction of sp³-hybridized carbons (Fsp3) is 0.529. The average Bonchev–Trinajstić information content (AvgIpc) is 3.77. The first-order chi connectivity index (χ1) is 22.7. The van der Waals surface area contributed by atoms with E-state index >= 15 is 0 Å². The van der Waals surface area contributed by atoms with Gasteiger partial charge in [0.1, 0.15) is 0 Å². The number of unbranched alkanes of at least 4 members (excludes halogenated alkanes) is 2. The van der Waals surface area contributed by atoms with E-state index in [0.717, 1.165) is 0 Å². The first-order valence-electron chi connectivity index (χ1n) is 21.7. The number of hydrogen-bond acceptors (Lipinski definition) is 0. The van der Waals surface area contributed by atoms with E-state index in [2.05, 4.69) is 215 Å². The van der Waals surface area contributed by atoms with E-state index in [4.69, 9.17) is 0 Å². The zero-order valence-corrected chi connectivity index (χ0v) is 45.2. The van der Waals surface area contributed by atoms with E-state index in [1.165, 1.54) is 42.4 Å². The topological polar surface area (TPSA) is 0 Å². The monoisotopic (exact) mass is 1060 g/mol. The molecule has 2 aromatic carbocycles. The van der Waals surface area contributed by atoms with Crippen molar-refractivity contribution < 1.29 is 25.3 Å². The van der Waals surface area contributed by atoms with Crippen LogP contribution in [0.4, 0.5) is 0 Å². The third kappa shape index (κ3) is 5.07. The standard InChI is InChI=1S/C14H17.C13H15.2C5H5.14CH3.2Hf/c1-2-3-4-7-12-10-11-13-8-5-6-9-14(12)13;1-13(2,3)12-9-8-10-6-4-5-7-11(10)12;2*1-2-4-5-3-1;;;;;;;;;;;;;;;;/h5-6,8-11H,2-4,7H2,1H3;4-9H,1-3H3;2*1-5H;14*1H3;;. The molecule has 53 heavy (non-hydrogen) atoms. The minimum absolute atomic E-state index is 0.0472. The van der Waals surface area contributed by atoms with Crippen molar-refractivity contribution >= 4 is 12.2 Å². The minimum atomic E-state index is -6.69. The molecule has 0 amide bonds. The van der Waals surface area contributed by atoms with Gasteiger partial charge in [0.2, 0.25) is 0 Å². The van der Waals surface area contributed by atoms with E-state index in [1.807, 2.05) is 0 Å². The Balaban J connectivity index is 0.000000206. The summed E-state index contributed by atoms with van der Waals surface area (Å²) in [6.07, 6.45) is 34.2. The first-order valence-corrected chi connectivity index (χ1v) is 79.7. The third-order valence-electron chi connectivity index (χ3n) is 19.0. The Morgan fingerprint density at radius 3 is 1.51 bits per heavy atom. The van der Waals surface area contributed by atoms with Crippen LogP contribution in [-0.2, 0) is 31.6 Å². The second kappa shape index (κ2) is 6.88. The van der Waals surface area contributed by atoms with Crippen LogP contribution in [0, 0.1) is 5.41 Å². The van der Waals surface area contributed by atoms with Gasteiger partial charge in [-0.3, -0.25) is 0 Å². The van der Waals surface area contributed by atoms with Crippen LogP contribution in [0.15, 0.2) is 109 Å². The second-order valence-electron chi connectivity index (χ2n) is 42.7. The molecule has 296 valence electrons. The van der Waals surface area contributed by atoms with Gasteiger partial charge in [-0.2, -0.15) is 0 Å². The SMILES string of the molecule is CC(C)(C)[C]1([Hf]([CH3])([CH3])([CH3])([CH3])([CH3])([CH3])([CH3])([CH3])([CH3])[CH]2C=CC=C2)C=Cc2ccccc21.CCCCC[C]1([Hf]([CH3])([CH3])([CH3])([CH3])([CH3])[CH]2C=CC=C2)C=Cc2ccccc21. The molecule has 4 aliphatic carbocycles. The summed E-state index contributed by atoms with van der Waals surface area (Å²) < 4.78 is 38.6. The molecule has 2 aromatic rings. The van der Waals surface area contributed by atoms with Crippen molar-refractivity contribution in [2.24, 2.45) is 5.41 Å². The van der Waals surface area contributed by atoms with Gasteiger partial charge in [0.15, 0.2) is 0 Å². The van der Waals surface area contributed by atoms with Crippen molar-refractivity contribution in [3.05, 3.63) is 132 Å². The van der Waals surface area contributed by atoms with Crippen LogP contribution in [0.5, 0.6) is 0 Å². The predicted molar refractivity (Wildman–Crippen MR) is 244 cm³/mol. The molecule has 2 unspecified atom stereocenters. The van der Waals surface area contributed by atoms with E-state index in [1.54, 1.807) is 5.56 Å². The number of fused-ring (bicyclic) bond motifs is 2. The average molecular weight is 1050 g/mol. The Morgan fingerprint density at radius 2 is 1.02 bits per heavy atom. The maximum atomic E-state index is 2.72. The molecule has 6 rings (SSSR count). The summed E-state index contributed by atoms with van der Waals surface area (Å²) in [5.41, 5.74) is 5.80. The quantitative estimate of drug-likeness (QED) is 0.183. The van der Waals surface area contributed by atoms with Crippen LogP contribution in [0.1, 0.15) is 75.6 Å². The molecule has 2 atom stereocenters. The summed E-state index contributed by atoms with van der Waals surface area (Å²) in [4.78, 5) is 0. The van der Waals surface area contributed by atoms with E-state index in [-0.39, 0.29) is 15.4 Å². The van der Waals surface area contributed by atoms with Crippen LogP contribution in [-0.4, -0.2) is 0 Å². The maximum absolute atomic E-state index is 6.69. The zero-order chi connectivity index (χ0) is 40.6. The van der Waals surface area contributed by atoms with E-state index in [0.29, 0.717) is 3.67 Å². The van der Waals surface area contributed by atoms with Crippen LogP contribution >= 0.6 is 0 Å². The van der Waals surface area contributed by atoms with Gasteiger partial charge in [0, 0.05) is 0 Å². The molecular formula is C51H84Hf2. The van der Waals surface area contributed by atoms with Crippen LogP contribution < -0.4 is 0 Å². The third-order valence-corrected chi connectivity index (χ3v) is 109. The summed E-state index contributed by atoms with van der Waals surface area (Å²) in [6.45, 7) is 9.66. The Hall–Kier alpha value is -1.38. The molecule has 0 saturated heterocycles. The van der Waals surface area contributed by atoms with Gasteiger partial charge in [0.05, 0.1) is 0 Å². The fourth-order valence-corrected chi connectivity index (χ4v) is 99.9. The van der Waals surface area contributed by atoms with Gasteiger partial charge in [-0.05, 0) is 0 Å². The molecule has 0 radical (unpaired) electrons. The number of hydrogen-bond donors (Lipinski definition) is 0. The molecule has 4 aliphatic rings. The van der Waals surface area contributed by atoms with Gasteiger partial charge in [-0.15, -0.1) is 0 Å². The number of rotatable bonds is 8. The van der Waals surface area contributed by atoms with Crippen molar-refractivity contribution in [2.45, 2.75) is 133 Å². The molecule has 0 nitrogen and oxygen atoms in total.